The summed E-state index contributed by atoms with van der Waals surface area (Å²) in [6.45, 7) is 6.73. The lowest BCUT2D eigenvalue weighted by molar-refractivity contribution is 0.590. The molecule has 0 saturated carbocycles. The molecule has 0 aliphatic carbocycles. The predicted octanol–water partition coefficient (Wildman–Crippen LogP) is 5.45. The quantitative estimate of drug-likeness (QED) is 0.457. The van der Waals surface area contributed by atoms with Gasteiger partial charge in [-0.3, -0.25) is 0 Å². The van der Waals surface area contributed by atoms with E-state index in [1.165, 1.54) is 22.2 Å². The van der Waals surface area contributed by atoms with Crippen molar-refractivity contribution >= 4 is 16.6 Å². The molecule has 4 aromatic rings. The fraction of sp³-hybridized carbons (Fsp3) is 0.190. The van der Waals surface area contributed by atoms with Crippen molar-refractivity contribution in [2.75, 3.05) is 0 Å². The Hall–Kier alpha value is -2.61. The molecule has 0 bridgehead atoms. The second-order valence-corrected chi connectivity index (χ2v) is 7.07. The van der Waals surface area contributed by atoms with Crippen LogP contribution in [0.1, 0.15) is 26.3 Å². The van der Waals surface area contributed by atoms with Crippen LogP contribution >= 0.6 is 0 Å². The molecule has 0 amide bonds. The van der Waals surface area contributed by atoms with E-state index in [1.807, 2.05) is 12.3 Å². The van der Waals surface area contributed by atoms with Gasteiger partial charge in [-0.1, -0.05) is 45.0 Å². The summed E-state index contributed by atoms with van der Waals surface area (Å²) >= 11 is 0. The first-order valence-corrected chi connectivity index (χ1v) is 8.00. The van der Waals surface area contributed by atoms with Gasteiger partial charge in [-0.2, -0.15) is 0 Å². The number of nitrogens with zero attached hydrogens (tertiary/aromatic N) is 2. The number of benzene rings is 1. The summed E-state index contributed by atoms with van der Waals surface area (Å²) in [5, 5.41) is 1.16. The van der Waals surface area contributed by atoms with E-state index in [2.05, 4.69) is 84.9 Å². The number of aromatic nitrogens is 2. The Kier molecular flexibility index (Phi) is 3.02. The summed E-state index contributed by atoms with van der Waals surface area (Å²) in [6, 6.07) is 19.5. The molecule has 2 nitrogen and oxygen atoms in total. The largest absolute Gasteiger partial charge is 0.301 e. The van der Waals surface area contributed by atoms with Gasteiger partial charge in [-0.05, 0) is 46.9 Å². The highest BCUT2D eigenvalue weighted by molar-refractivity contribution is 5.91. The second kappa shape index (κ2) is 4.95. The molecule has 0 N–H and O–H groups in total. The van der Waals surface area contributed by atoms with Crippen LogP contribution in [0.3, 0.4) is 0 Å². The van der Waals surface area contributed by atoms with E-state index < -0.39 is 0 Å². The van der Waals surface area contributed by atoms with E-state index >= 15 is 0 Å². The number of hydrogen-bond acceptors (Lipinski definition) is 1. The fourth-order valence-electron chi connectivity index (χ4n) is 3.12. The van der Waals surface area contributed by atoms with Gasteiger partial charge in [0.2, 0.25) is 0 Å². The zero-order valence-electron chi connectivity index (χ0n) is 13.7. The maximum Gasteiger partial charge on any atom is 0.144 e. The van der Waals surface area contributed by atoms with Crippen LogP contribution in [-0.2, 0) is 5.41 Å². The molecule has 3 aromatic heterocycles. The molecule has 0 aliphatic rings. The van der Waals surface area contributed by atoms with Crippen molar-refractivity contribution in [3.63, 3.8) is 0 Å². The normalized spacial score (nSPS) is 12.1. The van der Waals surface area contributed by atoms with E-state index in [0.29, 0.717) is 0 Å². The van der Waals surface area contributed by atoms with E-state index in [0.717, 1.165) is 11.0 Å². The number of rotatable bonds is 1. The lowest BCUT2D eigenvalue weighted by Gasteiger charge is -2.19. The van der Waals surface area contributed by atoms with Gasteiger partial charge in [0.1, 0.15) is 5.65 Å². The van der Waals surface area contributed by atoms with Crippen LogP contribution in [0, 0.1) is 0 Å². The maximum absolute atomic E-state index is 4.53. The molecule has 0 unspecified atom stereocenters. The standard InChI is InChI=1S/C21H20N2/c1-21(2,3)17-10-8-15(9-11-17)18-14-16-6-4-12-22-20(16)23-13-5-7-19(18)23/h4-14H,1-3H3. The molecule has 0 radical (unpaired) electrons. The molecule has 1 aromatic carbocycles. The van der Waals surface area contributed by atoms with Crippen molar-refractivity contribution in [2.24, 2.45) is 0 Å². The molecule has 0 atom stereocenters. The minimum atomic E-state index is 0.177. The lowest BCUT2D eigenvalue weighted by Crippen LogP contribution is -2.10. The molecular weight excluding hydrogens is 280 g/mol. The summed E-state index contributed by atoms with van der Waals surface area (Å²) in [4.78, 5) is 4.53. The van der Waals surface area contributed by atoms with Crippen LogP contribution in [0.2, 0.25) is 0 Å². The van der Waals surface area contributed by atoms with E-state index in [1.54, 1.807) is 0 Å². The van der Waals surface area contributed by atoms with Crippen LogP contribution in [-0.4, -0.2) is 9.38 Å². The SMILES string of the molecule is CC(C)(C)c1ccc(-c2cc3cccnc3n3cccc23)cc1. The van der Waals surface area contributed by atoms with Crippen molar-refractivity contribution < 1.29 is 0 Å². The van der Waals surface area contributed by atoms with Crippen LogP contribution in [0.25, 0.3) is 27.7 Å². The van der Waals surface area contributed by atoms with Gasteiger partial charge in [0, 0.05) is 23.3 Å². The Morgan fingerprint density at radius 1 is 0.913 bits per heavy atom. The first-order chi connectivity index (χ1) is 11.0. The third kappa shape index (κ3) is 2.31. The van der Waals surface area contributed by atoms with Crippen LogP contribution in [0.5, 0.6) is 0 Å². The summed E-state index contributed by atoms with van der Waals surface area (Å²) in [5.74, 6) is 0. The van der Waals surface area contributed by atoms with Crippen molar-refractivity contribution in [2.45, 2.75) is 26.2 Å². The van der Waals surface area contributed by atoms with E-state index in [9.17, 15) is 0 Å². The Morgan fingerprint density at radius 2 is 1.70 bits per heavy atom. The fourth-order valence-corrected chi connectivity index (χ4v) is 3.12. The summed E-state index contributed by atoms with van der Waals surface area (Å²) in [7, 11) is 0. The van der Waals surface area contributed by atoms with Crippen LogP contribution < -0.4 is 0 Å². The molecule has 114 valence electrons. The summed E-state index contributed by atoms with van der Waals surface area (Å²) in [6.07, 6.45) is 3.93. The predicted molar refractivity (Wildman–Crippen MR) is 96.8 cm³/mol. The molecule has 0 saturated heterocycles. The van der Waals surface area contributed by atoms with Gasteiger partial charge in [-0.25, -0.2) is 4.98 Å². The van der Waals surface area contributed by atoms with Crippen LogP contribution in [0.4, 0.5) is 0 Å². The topological polar surface area (TPSA) is 17.3 Å². The molecule has 2 heteroatoms. The number of fused-ring (bicyclic) bond motifs is 3. The first kappa shape index (κ1) is 14.0. The highest BCUT2D eigenvalue weighted by atomic mass is 15.0. The van der Waals surface area contributed by atoms with Crippen molar-refractivity contribution in [3.05, 3.63) is 72.6 Å². The molecule has 0 fully saturated rings. The number of hydrogen-bond donors (Lipinski definition) is 0. The van der Waals surface area contributed by atoms with Gasteiger partial charge in [0.25, 0.3) is 0 Å². The van der Waals surface area contributed by atoms with Gasteiger partial charge >= 0.3 is 0 Å². The van der Waals surface area contributed by atoms with Crippen molar-refractivity contribution in [3.8, 4) is 11.1 Å². The maximum atomic E-state index is 4.53. The third-order valence-electron chi connectivity index (χ3n) is 4.43. The van der Waals surface area contributed by atoms with Gasteiger partial charge in [0.05, 0.1) is 5.52 Å². The van der Waals surface area contributed by atoms with Crippen LogP contribution in [0.15, 0.2) is 67.0 Å². The van der Waals surface area contributed by atoms with Gasteiger partial charge < -0.3 is 4.40 Å². The summed E-state index contributed by atoms with van der Waals surface area (Å²) in [5.41, 5.74) is 6.22. The minimum absolute atomic E-state index is 0.177. The Balaban J connectivity index is 1.95. The Bertz CT molecular complexity index is 986. The van der Waals surface area contributed by atoms with Crippen molar-refractivity contribution in [1.82, 2.24) is 9.38 Å². The molecule has 23 heavy (non-hydrogen) atoms. The van der Waals surface area contributed by atoms with Gasteiger partial charge in [0.15, 0.2) is 0 Å². The highest BCUT2D eigenvalue weighted by Gasteiger charge is 2.14. The van der Waals surface area contributed by atoms with E-state index in [-0.39, 0.29) is 5.41 Å². The zero-order chi connectivity index (χ0) is 16.0. The number of pyridine rings is 2. The van der Waals surface area contributed by atoms with Gasteiger partial charge in [-0.15, -0.1) is 0 Å². The average molecular weight is 300 g/mol. The van der Waals surface area contributed by atoms with E-state index in [4.69, 9.17) is 0 Å². The average Bonchev–Trinajstić information content (AvgIpc) is 3.03. The Morgan fingerprint density at radius 3 is 2.43 bits per heavy atom. The monoisotopic (exact) mass is 300 g/mol. The highest BCUT2D eigenvalue weighted by Crippen LogP contribution is 2.31. The zero-order valence-corrected chi connectivity index (χ0v) is 13.7. The molecular formula is C21H20N2. The third-order valence-corrected chi connectivity index (χ3v) is 4.43. The smallest absolute Gasteiger partial charge is 0.144 e. The Labute approximate surface area is 136 Å². The van der Waals surface area contributed by atoms with Crippen molar-refractivity contribution in [1.29, 1.82) is 0 Å². The molecule has 0 aliphatic heterocycles. The second-order valence-electron chi connectivity index (χ2n) is 7.07. The molecule has 4 rings (SSSR count). The lowest BCUT2D eigenvalue weighted by atomic mass is 9.86. The molecule has 0 spiro atoms. The summed E-state index contributed by atoms with van der Waals surface area (Å²) < 4.78 is 2.17. The first-order valence-electron chi connectivity index (χ1n) is 8.00. The minimum Gasteiger partial charge on any atom is -0.301 e. The molecule has 3 heterocycles.